The molecule has 5 heteroatoms. The second-order valence-electron chi connectivity index (χ2n) is 3.52. The molecule has 1 aliphatic rings. The number of aliphatic hydroxyl groups is 1. The van der Waals surface area contributed by atoms with E-state index in [0.717, 1.165) is 0 Å². The largest absolute Gasteiger partial charge is 0.392 e. The molecule has 0 fully saturated rings. The molecule has 0 unspecified atom stereocenters. The number of methoxy groups -OCH3 is 1. The Hall–Kier alpha value is -1.72. The van der Waals surface area contributed by atoms with Crippen LogP contribution in [0.5, 0.6) is 0 Å². The van der Waals surface area contributed by atoms with Gasteiger partial charge in [0.05, 0.1) is 24.5 Å². The zero-order valence-corrected chi connectivity index (χ0v) is 8.74. The number of ether oxygens (including phenoxy) is 1. The lowest BCUT2D eigenvalue weighted by molar-refractivity contribution is 0.0960. The van der Waals surface area contributed by atoms with Gasteiger partial charge >= 0.3 is 0 Å². The third kappa shape index (κ3) is 1.50. The standard InChI is InChI=1S/C11H11NO4/c1-16-5-6-2-8(14)10-9(11(6)15)7(4-13)3-12-10/h2-3,12-13H,4-5H2,1H3. The third-order valence-electron chi connectivity index (χ3n) is 2.50. The minimum Gasteiger partial charge on any atom is -0.392 e. The van der Waals surface area contributed by atoms with E-state index in [4.69, 9.17) is 9.84 Å². The highest BCUT2D eigenvalue weighted by molar-refractivity contribution is 6.24. The lowest BCUT2D eigenvalue weighted by Gasteiger charge is -2.12. The molecule has 0 aromatic carbocycles. The van der Waals surface area contributed by atoms with Crippen LogP contribution in [0.3, 0.4) is 0 Å². The van der Waals surface area contributed by atoms with Gasteiger partial charge in [0.1, 0.15) is 0 Å². The smallest absolute Gasteiger partial charge is 0.203 e. The van der Waals surface area contributed by atoms with Crippen LogP contribution in [-0.4, -0.2) is 35.4 Å². The summed E-state index contributed by atoms with van der Waals surface area (Å²) < 4.78 is 4.85. The summed E-state index contributed by atoms with van der Waals surface area (Å²) in [6, 6.07) is 0. The third-order valence-corrected chi connectivity index (χ3v) is 2.50. The maximum absolute atomic E-state index is 12.0. The maximum atomic E-state index is 12.0. The minimum atomic E-state index is -0.273. The number of allylic oxidation sites excluding steroid dienone is 1. The van der Waals surface area contributed by atoms with Gasteiger partial charge in [-0.15, -0.1) is 0 Å². The van der Waals surface area contributed by atoms with Crippen LogP contribution in [0.1, 0.15) is 26.4 Å². The van der Waals surface area contributed by atoms with Crippen LogP contribution < -0.4 is 0 Å². The summed E-state index contributed by atoms with van der Waals surface area (Å²) in [7, 11) is 1.46. The molecule has 0 bridgehead atoms. The number of hydrogen-bond acceptors (Lipinski definition) is 4. The van der Waals surface area contributed by atoms with Crippen LogP contribution >= 0.6 is 0 Å². The molecule has 0 saturated carbocycles. The molecule has 84 valence electrons. The molecule has 1 aliphatic carbocycles. The van der Waals surface area contributed by atoms with Crippen molar-refractivity contribution in [1.82, 2.24) is 4.98 Å². The van der Waals surface area contributed by atoms with Crippen LogP contribution in [-0.2, 0) is 11.3 Å². The molecule has 0 atom stereocenters. The number of aromatic amines is 1. The van der Waals surface area contributed by atoms with Crippen molar-refractivity contribution in [1.29, 1.82) is 0 Å². The number of H-pyrrole nitrogens is 1. The van der Waals surface area contributed by atoms with Crippen LogP contribution in [0, 0.1) is 0 Å². The van der Waals surface area contributed by atoms with E-state index in [1.165, 1.54) is 19.4 Å². The van der Waals surface area contributed by atoms with Crippen molar-refractivity contribution in [3.63, 3.8) is 0 Å². The van der Waals surface area contributed by atoms with E-state index in [2.05, 4.69) is 4.98 Å². The number of nitrogens with one attached hydrogen (secondary N) is 1. The summed E-state index contributed by atoms with van der Waals surface area (Å²) in [6.07, 6.45) is 2.75. The Morgan fingerprint density at radius 1 is 1.44 bits per heavy atom. The Morgan fingerprint density at radius 3 is 2.81 bits per heavy atom. The van der Waals surface area contributed by atoms with Gasteiger partial charge < -0.3 is 14.8 Å². The van der Waals surface area contributed by atoms with E-state index in [1.807, 2.05) is 0 Å². The van der Waals surface area contributed by atoms with Crippen molar-refractivity contribution in [3.05, 3.63) is 34.7 Å². The molecule has 1 aromatic heterocycles. The zero-order valence-electron chi connectivity index (χ0n) is 8.74. The van der Waals surface area contributed by atoms with E-state index in [0.29, 0.717) is 11.1 Å². The molecule has 0 spiro atoms. The Kier molecular flexibility index (Phi) is 2.72. The number of ketones is 2. The van der Waals surface area contributed by atoms with E-state index >= 15 is 0 Å². The maximum Gasteiger partial charge on any atom is 0.203 e. The van der Waals surface area contributed by atoms with Gasteiger partial charge in [-0.05, 0) is 6.08 Å². The first-order valence-electron chi connectivity index (χ1n) is 4.78. The second kappa shape index (κ2) is 4.03. The molecule has 5 nitrogen and oxygen atoms in total. The van der Waals surface area contributed by atoms with Crippen LogP contribution in [0.25, 0.3) is 0 Å². The summed E-state index contributed by atoms with van der Waals surface area (Å²) in [4.78, 5) is 26.3. The van der Waals surface area contributed by atoms with E-state index in [-0.39, 0.29) is 36.0 Å². The number of carbonyl (C=O) groups excluding carboxylic acids is 2. The fraction of sp³-hybridized carbons (Fsp3) is 0.273. The number of Topliss-reactive ketones (excluding diaryl/α,β-unsaturated/α-hetero) is 1. The van der Waals surface area contributed by atoms with Crippen molar-refractivity contribution in [2.45, 2.75) is 6.61 Å². The highest BCUT2D eigenvalue weighted by Crippen LogP contribution is 2.24. The molecular formula is C11H11NO4. The van der Waals surface area contributed by atoms with Gasteiger partial charge in [0.15, 0.2) is 5.78 Å². The number of hydrogen-bond donors (Lipinski definition) is 2. The minimum absolute atomic E-state index is 0.0973. The SMILES string of the molecule is COCC1=CC(=O)c2[nH]cc(CO)c2C1=O. The number of carbonyl (C=O) groups is 2. The first-order valence-corrected chi connectivity index (χ1v) is 4.78. The molecule has 1 heterocycles. The Bertz CT molecular complexity index is 484. The Balaban J connectivity index is 2.50. The van der Waals surface area contributed by atoms with Gasteiger partial charge in [-0.1, -0.05) is 0 Å². The molecule has 0 saturated heterocycles. The first kappa shape index (κ1) is 10.8. The summed E-state index contributed by atoms with van der Waals surface area (Å²) in [5.74, 6) is -0.525. The van der Waals surface area contributed by atoms with Gasteiger partial charge in [-0.3, -0.25) is 9.59 Å². The molecular weight excluding hydrogens is 210 g/mol. The first-order chi connectivity index (χ1) is 7.69. The molecule has 0 aliphatic heterocycles. The van der Waals surface area contributed by atoms with Crippen LogP contribution in [0.15, 0.2) is 17.8 Å². The fourth-order valence-corrected chi connectivity index (χ4v) is 1.76. The summed E-state index contributed by atoms with van der Waals surface area (Å²) in [5.41, 5.74) is 1.26. The van der Waals surface area contributed by atoms with Crippen molar-refractivity contribution in [2.75, 3.05) is 13.7 Å². The normalized spacial score (nSPS) is 15.0. The molecule has 16 heavy (non-hydrogen) atoms. The van der Waals surface area contributed by atoms with Gasteiger partial charge in [0, 0.05) is 24.4 Å². The van der Waals surface area contributed by atoms with Gasteiger partial charge in [0.25, 0.3) is 0 Å². The van der Waals surface area contributed by atoms with Crippen LogP contribution in [0.4, 0.5) is 0 Å². The van der Waals surface area contributed by atoms with Gasteiger partial charge in [0.2, 0.25) is 5.78 Å². The summed E-state index contributed by atoms with van der Waals surface area (Å²) in [6.45, 7) is -0.175. The lowest BCUT2D eigenvalue weighted by Crippen LogP contribution is -2.19. The molecule has 1 aromatic rings. The average molecular weight is 221 g/mol. The predicted molar refractivity (Wildman–Crippen MR) is 55.3 cm³/mol. The number of rotatable bonds is 3. The average Bonchev–Trinajstić information content (AvgIpc) is 2.70. The topological polar surface area (TPSA) is 79.4 Å². The lowest BCUT2D eigenvalue weighted by atomic mass is 9.93. The van der Waals surface area contributed by atoms with E-state index in [1.54, 1.807) is 0 Å². The van der Waals surface area contributed by atoms with Gasteiger partial charge in [-0.2, -0.15) is 0 Å². The quantitative estimate of drug-likeness (QED) is 0.777. The number of aromatic nitrogens is 1. The monoisotopic (exact) mass is 221 g/mol. The van der Waals surface area contributed by atoms with E-state index in [9.17, 15) is 9.59 Å². The fourth-order valence-electron chi connectivity index (χ4n) is 1.76. The molecule has 2 rings (SSSR count). The molecule has 0 radical (unpaired) electrons. The summed E-state index contributed by atoms with van der Waals surface area (Å²) in [5, 5.41) is 9.07. The number of fused-ring (bicyclic) bond motifs is 1. The summed E-state index contributed by atoms with van der Waals surface area (Å²) >= 11 is 0. The van der Waals surface area contributed by atoms with Crippen molar-refractivity contribution in [2.24, 2.45) is 0 Å². The number of aliphatic hydroxyl groups excluding tert-OH is 1. The van der Waals surface area contributed by atoms with Gasteiger partial charge in [-0.25, -0.2) is 0 Å². The Morgan fingerprint density at radius 2 is 2.19 bits per heavy atom. The zero-order chi connectivity index (χ0) is 11.7. The predicted octanol–water partition coefficient (Wildman–Crippen LogP) is 0.459. The molecule has 2 N–H and O–H groups in total. The van der Waals surface area contributed by atoms with Crippen molar-refractivity contribution in [3.8, 4) is 0 Å². The molecule has 0 amide bonds. The highest BCUT2D eigenvalue weighted by atomic mass is 16.5. The van der Waals surface area contributed by atoms with Crippen molar-refractivity contribution < 1.29 is 19.4 Å². The highest BCUT2D eigenvalue weighted by Gasteiger charge is 2.29. The van der Waals surface area contributed by atoms with Crippen molar-refractivity contribution >= 4 is 11.6 Å². The van der Waals surface area contributed by atoms with E-state index < -0.39 is 0 Å². The van der Waals surface area contributed by atoms with Crippen LogP contribution in [0.2, 0.25) is 0 Å². The Labute approximate surface area is 91.7 Å². The second-order valence-corrected chi connectivity index (χ2v) is 3.52.